The zero-order valence-corrected chi connectivity index (χ0v) is 11.1. The molecule has 10 nitrogen and oxygen atoms in total. The van der Waals surface area contributed by atoms with E-state index in [0.717, 1.165) is 0 Å². The van der Waals surface area contributed by atoms with Gasteiger partial charge in [0.05, 0.1) is 25.7 Å². The summed E-state index contributed by atoms with van der Waals surface area (Å²) in [4.78, 5) is 30.8. The van der Waals surface area contributed by atoms with Gasteiger partial charge in [0, 0.05) is 13.1 Å². The van der Waals surface area contributed by atoms with Gasteiger partial charge in [0.2, 0.25) is 5.75 Å². The minimum Gasteiger partial charge on any atom is -0.489 e. The van der Waals surface area contributed by atoms with Gasteiger partial charge in [-0.05, 0) is 0 Å². The van der Waals surface area contributed by atoms with E-state index in [1.807, 2.05) is 4.90 Å². The monoisotopic (exact) mass is 292 g/mol. The van der Waals surface area contributed by atoms with Gasteiger partial charge in [0.1, 0.15) is 0 Å². The summed E-state index contributed by atoms with van der Waals surface area (Å²) in [6.45, 7) is 1.07. The molecular weight excluding hydrogens is 280 g/mol. The first kappa shape index (κ1) is 13.1. The van der Waals surface area contributed by atoms with Crippen molar-refractivity contribution in [2.75, 3.05) is 25.1 Å². The molecule has 0 spiro atoms. The molecule has 1 aliphatic rings. The quantitative estimate of drug-likeness (QED) is 0.744. The topological polar surface area (TPSA) is 126 Å². The van der Waals surface area contributed by atoms with E-state index in [4.69, 9.17) is 9.84 Å². The maximum absolute atomic E-state index is 11.6. The second-order valence-corrected chi connectivity index (χ2v) is 4.54. The second-order valence-electron chi connectivity index (χ2n) is 4.54. The number of hydrogen-bond donors (Lipinski definition) is 2. The fraction of sp³-hybridized carbons (Fsp3) is 0.364. The van der Waals surface area contributed by atoms with Crippen LogP contribution in [-0.4, -0.2) is 56.2 Å². The van der Waals surface area contributed by atoms with Crippen LogP contribution in [0.25, 0.3) is 0 Å². The molecule has 0 bridgehead atoms. The standard InChI is InChI=1S/C11H12N6O4/c1-21-8-9(12-5-13-10(8)18)16-2-6(3-16)17-4-7(11(19)20)14-15-17/h4-6H,2-3H2,1H3,(H,19,20)(H,12,13,18). The molecule has 110 valence electrons. The highest BCUT2D eigenvalue weighted by molar-refractivity contribution is 5.84. The van der Waals surface area contributed by atoms with Crippen molar-refractivity contribution in [1.82, 2.24) is 25.0 Å². The van der Waals surface area contributed by atoms with Gasteiger partial charge in [-0.3, -0.25) is 4.79 Å². The molecule has 0 radical (unpaired) electrons. The third-order valence-electron chi connectivity index (χ3n) is 3.26. The predicted molar refractivity (Wildman–Crippen MR) is 69.6 cm³/mol. The number of carboxylic acid groups (broad SMARTS) is 1. The summed E-state index contributed by atoms with van der Waals surface area (Å²) in [7, 11) is 1.41. The number of aromatic carboxylic acids is 1. The largest absolute Gasteiger partial charge is 0.489 e. The average Bonchev–Trinajstić information content (AvgIpc) is 2.87. The highest BCUT2D eigenvalue weighted by Crippen LogP contribution is 2.30. The molecule has 0 unspecified atom stereocenters. The number of aromatic nitrogens is 5. The average molecular weight is 292 g/mol. The number of nitrogens with zero attached hydrogens (tertiary/aromatic N) is 5. The number of carboxylic acids is 1. The normalized spacial score (nSPS) is 14.8. The lowest BCUT2D eigenvalue weighted by atomic mass is 10.1. The van der Waals surface area contributed by atoms with Crippen LogP contribution in [0.1, 0.15) is 16.5 Å². The highest BCUT2D eigenvalue weighted by atomic mass is 16.5. The summed E-state index contributed by atoms with van der Waals surface area (Å²) in [6, 6.07) is -0.0172. The Balaban J connectivity index is 1.75. The fourth-order valence-electron chi connectivity index (χ4n) is 2.14. The van der Waals surface area contributed by atoms with Crippen molar-refractivity contribution >= 4 is 11.8 Å². The Morgan fingerprint density at radius 1 is 1.52 bits per heavy atom. The predicted octanol–water partition coefficient (Wildman–Crippen LogP) is -0.870. The Hall–Kier alpha value is -2.91. The van der Waals surface area contributed by atoms with Gasteiger partial charge < -0.3 is 19.7 Å². The summed E-state index contributed by atoms with van der Waals surface area (Å²) in [5.41, 5.74) is -0.444. The maximum Gasteiger partial charge on any atom is 0.358 e. The van der Waals surface area contributed by atoms with E-state index in [1.54, 1.807) is 0 Å². The molecule has 2 aromatic rings. The lowest BCUT2D eigenvalue weighted by Gasteiger charge is -2.39. The molecule has 1 saturated heterocycles. The number of aromatic amines is 1. The third kappa shape index (κ3) is 2.20. The van der Waals surface area contributed by atoms with Crippen molar-refractivity contribution in [3.05, 3.63) is 28.6 Å². The van der Waals surface area contributed by atoms with Crippen molar-refractivity contribution in [3.63, 3.8) is 0 Å². The molecule has 0 aliphatic carbocycles. The minimum absolute atomic E-state index is 0.0172. The molecule has 0 saturated carbocycles. The third-order valence-corrected chi connectivity index (χ3v) is 3.26. The summed E-state index contributed by atoms with van der Waals surface area (Å²) in [5, 5.41) is 16.2. The van der Waals surface area contributed by atoms with Crippen LogP contribution < -0.4 is 15.2 Å². The molecule has 2 N–H and O–H groups in total. The van der Waals surface area contributed by atoms with Crippen LogP contribution in [0.3, 0.4) is 0 Å². The molecule has 10 heteroatoms. The van der Waals surface area contributed by atoms with Gasteiger partial charge in [-0.1, -0.05) is 5.21 Å². The van der Waals surface area contributed by atoms with E-state index >= 15 is 0 Å². The fourth-order valence-corrected chi connectivity index (χ4v) is 2.14. The Kier molecular flexibility index (Phi) is 3.05. The van der Waals surface area contributed by atoms with E-state index in [2.05, 4.69) is 20.3 Å². The molecule has 1 aliphatic heterocycles. The van der Waals surface area contributed by atoms with Crippen molar-refractivity contribution in [2.45, 2.75) is 6.04 Å². The van der Waals surface area contributed by atoms with E-state index in [9.17, 15) is 9.59 Å². The molecule has 0 aromatic carbocycles. The summed E-state index contributed by atoms with van der Waals surface area (Å²) in [6.07, 6.45) is 2.69. The Bertz CT molecular complexity index is 732. The molecule has 2 aromatic heterocycles. The minimum atomic E-state index is -1.12. The Morgan fingerprint density at radius 2 is 2.29 bits per heavy atom. The van der Waals surface area contributed by atoms with Gasteiger partial charge in [0.15, 0.2) is 11.5 Å². The smallest absolute Gasteiger partial charge is 0.358 e. The SMILES string of the molecule is COc1c(N2CC(n3cc(C(=O)O)nn3)C2)nc[nH]c1=O. The van der Waals surface area contributed by atoms with Crippen molar-refractivity contribution < 1.29 is 14.6 Å². The number of ether oxygens (including phenoxy) is 1. The lowest BCUT2D eigenvalue weighted by molar-refractivity contribution is 0.0690. The molecule has 0 amide bonds. The number of methoxy groups -OCH3 is 1. The summed E-state index contributed by atoms with van der Waals surface area (Å²) in [5.74, 6) is -0.507. The Labute approximate surface area is 118 Å². The van der Waals surface area contributed by atoms with Crippen LogP contribution >= 0.6 is 0 Å². The number of H-pyrrole nitrogens is 1. The number of rotatable bonds is 4. The number of hydrogen-bond acceptors (Lipinski definition) is 7. The molecule has 1 fully saturated rings. The van der Waals surface area contributed by atoms with Gasteiger partial charge in [-0.2, -0.15) is 0 Å². The first-order chi connectivity index (χ1) is 10.1. The van der Waals surface area contributed by atoms with E-state index in [1.165, 1.54) is 24.3 Å². The van der Waals surface area contributed by atoms with Gasteiger partial charge in [-0.25, -0.2) is 14.5 Å². The summed E-state index contributed by atoms with van der Waals surface area (Å²) >= 11 is 0. The number of anilines is 1. The first-order valence-electron chi connectivity index (χ1n) is 6.12. The zero-order valence-electron chi connectivity index (χ0n) is 11.1. The molecular formula is C11H12N6O4. The molecule has 3 rings (SSSR count). The van der Waals surface area contributed by atoms with Crippen molar-refractivity contribution in [1.29, 1.82) is 0 Å². The summed E-state index contributed by atoms with van der Waals surface area (Å²) < 4.78 is 6.55. The van der Waals surface area contributed by atoms with Crippen LogP contribution in [0.15, 0.2) is 17.3 Å². The number of carbonyl (C=O) groups is 1. The molecule has 21 heavy (non-hydrogen) atoms. The molecule has 3 heterocycles. The number of nitrogens with one attached hydrogen (secondary N) is 1. The Morgan fingerprint density at radius 3 is 2.90 bits per heavy atom. The van der Waals surface area contributed by atoms with Crippen LogP contribution in [0.4, 0.5) is 5.82 Å². The highest BCUT2D eigenvalue weighted by Gasteiger charge is 2.33. The van der Waals surface area contributed by atoms with E-state index < -0.39 is 5.97 Å². The zero-order chi connectivity index (χ0) is 15.0. The van der Waals surface area contributed by atoms with E-state index in [0.29, 0.717) is 18.9 Å². The van der Waals surface area contributed by atoms with Crippen LogP contribution in [0.5, 0.6) is 5.75 Å². The van der Waals surface area contributed by atoms with Gasteiger partial charge in [0.25, 0.3) is 5.56 Å². The maximum atomic E-state index is 11.6. The van der Waals surface area contributed by atoms with Crippen molar-refractivity contribution in [2.24, 2.45) is 0 Å². The van der Waals surface area contributed by atoms with Gasteiger partial charge in [-0.15, -0.1) is 5.10 Å². The van der Waals surface area contributed by atoms with Gasteiger partial charge >= 0.3 is 5.97 Å². The first-order valence-corrected chi connectivity index (χ1v) is 6.12. The second kappa shape index (κ2) is 4.89. The van der Waals surface area contributed by atoms with Crippen molar-refractivity contribution in [3.8, 4) is 5.75 Å². The van der Waals surface area contributed by atoms with Crippen LogP contribution in [0, 0.1) is 0 Å². The van der Waals surface area contributed by atoms with Crippen LogP contribution in [-0.2, 0) is 0 Å². The molecule has 0 atom stereocenters. The van der Waals surface area contributed by atoms with Crippen LogP contribution in [0.2, 0.25) is 0 Å². The lowest BCUT2D eigenvalue weighted by Crippen LogP contribution is -2.49. The van der Waals surface area contributed by atoms with E-state index in [-0.39, 0.29) is 23.0 Å².